The van der Waals surface area contributed by atoms with Gasteiger partial charge in [-0.3, -0.25) is 10.8 Å². The van der Waals surface area contributed by atoms with Gasteiger partial charge < -0.3 is 21.7 Å². The van der Waals surface area contributed by atoms with E-state index in [0.29, 0.717) is 32.7 Å². The Hall–Kier alpha value is -3.76. The number of benzene rings is 3. The van der Waals surface area contributed by atoms with E-state index in [-0.39, 0.29) is 48.2 Å². The molecular formula is C18H20Cl2N8O2. The zero-order chi connectivity index (χ0) is 20.3. The number of hydrogen-bond acceptors (Lipinski definition) is 6. The summed E-state index contributed by atoms with van der Waals surface area (Å²) in [5.41, 5.74) is 16.5. The number of phenols is 2. The predicted octanol–water partition coefficient (Wildman–Crippen LogP) is 1.88. The number of nitrogens with two attached hydrogens (primary N) is 2. The van der Waals surface area contributed by atoms with Crippen LogP contribution in [0.5, 0.6) is 11.5 Å². The van der Waals surface area contributed by atoms with Crippen molar-refractivity contribution in [2.24, 2.45) is 21.7 Å². The molecule has 3 aromatic carbocycles. The van der Waals surface area contributed by atoms with Crippen LogP contribution in [0.4, 0.5) is 0 Å². The van der Waals surface area contributed by atoms with Crippen molar-refractivity contribution in [1.82, 2.24) is 10.9 Å². The maximum atomic E-state index is 9.98. The molecule has 0 saturated carbocycles. The molecule has 0 aromatic heterocycles. The molecule has 0 aliphatic heterocycles. The largest absolute Gasteiger partial charge is 0.508 e. The quantitative estimate of drug-likeness (QED) is 0.129. The first-order valence-electron chi connectivity index (χ1n) is 8.04. The Bertz CT molecular complexity index is 1070. The van der Waals surface area contributed by atoms with Gasteiger partial charge in [0, 0.05) is 11.1 Å². The average Bonchev–Trinajstić information content (AvgIpc) is 2.62. The minimum absolute atomic E-state index is 0. The molecule has 3 rings (SSSR count). The Balaban J connectivity index is 0.00000225. The molecule has 158 valence electrons. The van der Waals surface area contributed by atoms with E-state index in [1.807, 2.05) is 0 Å². The number of rotatable bonds is 4. The second-order valence-corrected chi connectivity index (χ2v) is 5.85. The maximum absolute atomic E-state index is 9.98. The molecule has 3 aromatic rings. The van der Waals surface area contributed by atoms with Gasteiger partial charge in [0.15, 0.2) is 0 Å². The molecule has 0 spiro atoms. The normalized spacial score (nSPS) is 10.7. The molecule has 0 radical (unpaired) electrons. The van der Waals surface area contributed by atoms with Crippen molar-refractivity contribution < 1.29 is 10.2 Å². The van der Waals surface area contributed by atoms with Crippen molar-refractivity contribution in [1.29, 1.82) is 10.8 Å². The number of nitrogens with one attached hydrogen (secondary N) is 4. The minimum atomic E-state index is -0.315. The van der Waals surface area contributed by atoms with E-state index in [1.165, 1.54) is 24.6 Å². The van der Waals surface area contributed by atoms with Crippen LogP contribution >= 0.6 is 24.8 Å². The third-order valence-corrected chi connectivity index (χ3v) is 3.92. The minimum Gasteiger partial charge on any atom is -0.508 e. The van der Waals surface area contributed by atoms with Crippen LogP contribution in [0.25, 0.3) is 21.5 Å². The van der Waals surface area contributed by atoms with Crippen molar-refractivity contribution in [3.63, 3.8) is 0 Å². The van der Waals surface area contributed by atoms with Gasteiger partial charge in [-0.25, -0.2) is 10.9 Å². The van der Waals surface area contributed by atoms with Crippen LogP contribution in [0, 0.1) is 10.8 Å². The SMILES string of the molecule is Cl.Cl.N=C(N)NN=Cc1c2ccc(O)cc2c(C=NNC(=N)N)c2ccc(O)cc12. The van der Waals surface area contributed by atoms with Gasteiger partial charge in [0.05, 0.1) is 12.4 Å². The highest BCUT2D eigenvalue weighted by molar-refractivity contribution is 6.21. The molecule has 0 aliphatic rings. The lowest BCUT2D eigenvalue weighted by Gasteiger charge is -2.13. The average molecular weight is 451 g/mol. The van der Waals surface area contributed by atoms with Crippen LogP contribution < -0.4 is 22.3 Å². The van der Waals surface area contributed by atoms with Gasteiger partial charge in [0.2, 0.25) is 11.9 Å². The summed E-state index contributed by atoms with van der Waals surface area (Å²) in [6.45, 7) is 0. The van der Waals surface area contributed by atoms with Crippen LogP contribution in [0.3, 0.4) is 0 Å². The fourth-order valence-electron chi connectivity index (χ4n) is 2.88. The van der Waals surface area contributed by atoms with E-state index >= 15 is 0 Å². The van der Waals surface area contributed by atoms with Gasteiger partial charge in [0.1, 0.15) is 11.5 Å². The molecule has 12 heteroatoms. The Morgan fingerprint density at radius 3 is 1.43 bits per heavy atom. The molecule has 0 amide bonds. The van der Waals surface area contributed by atoms with Crippen LogP contribution in [0.2, 0.25) is 0 Å². The number of nitrogens with zero attached hydrogens (tertiary/aromatic N) is 2. The summed E-state index contributed by atoms with van der Waals surface area (Å²) in [6.07, 6.45) is 2.97. The molecule has 0 heterocycles. The first kappa shape index (κ1) is 24.3. The Morgan fingerprint density at radius 2 is 1.10 bits per heavy atom. The van der Waals surface area contributed by atoms with E-state index in [4.69, 9.17) is 22.3 Å². The number of halogens is 2. The summed E-state index contributed by atoms with van der Waals surface area (Å²) < 4.78 is 0. The van der Waals surface area contributed by atoms with E-state index in [9.17, 15) is 10.2 Å². The number of guanidine groups is 2. The monoisotopic (exact) mass is 450 g/mol. The van der Waals surface area contributed by atoms with Gasteiger partial charge >= 0.3 is 0 Å². The molecule has 0 aliphatic carbocycles. The molecule has 0 fully saturated rings. The highest BCUT2D eigenvalue weighted by Crippen LogP contribution is 2.34. The summed E-state index contributed by atoms with van der Waals surface area (Å²) in [5, 5.41) is 45.1. The molecule has 0 unspecified atom stereocenters. The number of hydrazone groups is 2. The second-order valence-electron chi connectivity index (χ2n) is 5.85. The van der Waals surface area contributed by atoms with Gasteiger partial charge in [-0.2, -0.15) is 10.2 Å². The highest BCUT2D eigenvalue weighted by atomic mass is 35.5. The van der Waals surface area contributed by atoms with Crippen molar-refractivity contribution >= 4 is 70.7 Å². The zero-order valence-electron chi connectivity index (χ0n) is 15.4. The first-order chi connectivity index (χ1) is 13.4. The molecule has 0 bridgehead atoms. The van der Waals surface area contributed by atoms with Crippen LogP contribution in [0.1, 0.15) is 11.1 Å². The number of fused-ring (bicyclic) bond motifs is 2. The van der Waals surface area contributed by atoms with Gasteiger partial charge in [-0.05, 0) is 45.8 Å². The van der Waals surface area contributed by atoms with Crippen molar-refractivity contribution in [2.45, 2.75) is 0 Å². The number of hydrogen-bond donors (Lipinski definition) is 8. The van der Waals surface area contributed by atoms with E-state index < -0.39 is 0 Å². The Kier molecular flexibility index (Phi) is 8.21. The summed E-state index contributed by atoms with van der Waals surface area (Å²) in [6, 6.07) is 9.62. The second kappa shape index (κ2) is 10.1. The van der Waals surface area contributed by atoms with E-state index in [1.54, 1.807) is 24.3 Å². The number of phenolic OH excluding ortho intramolecular Hbond substituents is 2. The van der Waals surface area contributed by atoms with E-state index in [2.05, 4.69) is 21.1 Å². The molecule has 0 saturated heterocycles. The third-order valence-electron chi connectivity index (χ3n) is 3.92. The standard InChI is InChI=1S/C18H18N8O2.2ClH/c19-17(20)25-23-7-15-11-3-1-9(27)5-13(11)16(8-24-26-18(21)22)12-4-2-10(28)6-14(12)15;;/h1-8,27-28H,(H4,19,20,25)(H4,21,22,26);2*1H. The van der Waals surface area contributed by atoms with Crippen LogP contribution in [0.15, 0.2) is 46.6 Å². The lowest BCUT2D eigenvalue weighted by atomic mass is 9.92. The van der Waals surface area contributed by atoms with Gasteiger partial charge in [-0.1, -0.05) is 12.1 Å². The molecule has 10 nitrogen and oxygen atoms in total. The van der Waals surface area contributed by atoms with Crippen molar-refractivity contribution in [3.8, 4) is 11.5 Å². The van der Waals surface area contributed by atoms with Crippen LogP contribution in [-0.2, 0) is 0 Å². The van der Waals surface area contributed by atoms with Crippen molar-refractivity contribution in [2.75, 3.05) is 0 Å². The fraction of sp³-hybridized carbons (Fsp3) is 0. The van der Waals surface area contributed by atoms with Gasteiger partial charge in [-0.15, -0.1) is 24.8 Å². The van der Waals surface area contributed by atoms with Crippen LogP contribution in [-0.4, -0.2) is 34.6 Å². The lowest BCUT2D eigenvalue weighted by Crippen LogP contribution is -2.25. The highest BCUT2D eigenvalue weighted by Gasteiger charge is 2.13. The fourth-order valence-corrected chi connectivity index (χ4v) is 2.88. The smallest absolute Gasteiger partial charge is 0.206 e. The van der Waals surface area contributed by atoms with E-state index in [0.717, 1.165) is 0 Å². The van der Waals surface area contributed by atoms with Gasteiger partial charge in [0.25, 0.3) is 0 Å². The molecular weight excluding hydrogens is 431 g/mol. The lowest BCUT2D eigenvalue weighted by molar-refractivity contribution is 0.475. The number of aromatic hydroxyl groups is 2. The topological polar surface area (TPSA) is 189 Å². The first-order valence-corrected chi connectivity index (χ1v) is 8.04. The maximum Gasteiger partial charge on any atom is 0.206 e. The molecule has 0 atom stereocenters. The predicted molar refractivity (Wildman–Crippen MR) is 125 cm³/mol. The zero-order valence-corrected chi connectivity index (χ0v) is 17.0. The summed E-state index contributed by atoms with van der Waals surface area (Å²) in [7, 11) is 0. The summed E-state index contributed by atoms with van der Waals surface area (Å²) in [5.74, 6) is -0.511. The van der Waals surface area contributed by atoms with Crippen molar-refractivity contribution in [3.05, 3.63) is 47.5 Å². The summed E-state index contributed by atoms with van der Waals surface area (Å²) in [4.78, 5) is 0. The molecule has 30 heavy (non-hydrogen) atoms. The Morgan fingerprint density at radius 1 is 0.733 bits per heavy atom. The summed E-state index contributed by atoms with van der Waals surface area (Å²) >= 11 is 0. The third kappa shape index (κ3) is 5.19. The molecule has 10 N–H and O–H groups in total. The Labute approximate surface area is 183 Å².